The molecular formula is C17H26O. The van der Waals surface area contributed by atoms with Gasteiger partial charge in [0.15, 0.2) is 0 Å². The van der Waals surface area contributed by atoms with E-state index in [4.69, 9.17) is 0 Å². The topological polar surface area (TPSA) is 20.2 Å². The Morgan fingerprint density at radius 3 is 2.28 bits per heavy atom. The molecule has 0 saturated heterocycles. The minimum Gasteiger partial charge on any atom is -0.384 e. The van der Waals surface area contributed by atoms with Gasteiger partial charge in [-0.1, -0.05) is 63.5 Å². The van der Waals surface area contributed by atoms with E-state index in [0.717, 1.165) is 17.6 Å². The van der Waals surface area contributed by atoms with Crippen molar-refractivity contribution in [1.82, 2.24) is 0 Å². The SMILES string of the molecule is C=C(C)C(O)c1ccc(CCCCCCC)cc1. The van der Waals surface area contributed by atoms with Gasteiger partial charge in [0.05, 0.1) is 6.10 Å². The highest BCUT2D eigenvalue weighted by molar-refractivity contribution is 5.28. The molecular weight excluding hydrogens is 220 g/mol. The highest BCUT2D eigenvalue weighted by Crippen LogP contribution is 2.20. The average Bonchev–Trinajstić information content (AvgIpc) is 2.38. The normalized spacial score (nSPS) is 12.4. The fourth-order valence-electron chi connectivity index (χ4n) is 2.08. The van der Waals surface area contributed by atoms with E-state index >= 15 is 0 Å². The summed E-state index contributed by atoms with van der Waals surface area (Å²) in [7, 11) is 0. The maximum atomic E-state index is 9.86. The van der Waals surface area contributed by atoms with E-state index in [0.29, 0.717) is 0 Å². The van der Waals surface area contributed by atoms with Gasteiger partial charge >= 0.3 is 0 Å². The molecule has 100 valence electrons. The minimum atomic E-state index is -0.524. The number of hydrogen-bond acceptors (Lipinski definition) is 1. The highest BCUT2D eigenvalue weighted by Gasteiger charge is 2.07. The monoisotopic (exact) mass is 246 g/mol. The molecule has 18 heavy (non-hydrogen) atoms. The third kappa shape index (κ3) is 5.05. The van der Waals surface area contributed by atoms with Gasteiger partial charge in [0.1, 0.15) is 0 Å². The first-order valence-electron chi connectivity index (χ1n) is 7.07. The number of benzene rings is 1. The number of aliphatic hydroxyl groups excluding tert-OH is 1. The molecule has 1 nitrogen and oxygen atoms in total. The van der Waals surface area contributed by atoms with Crippen molar-refractivity contribution in [2.75, 3.05) is 0 Å². The lowest BCUT2D eigenvalue weighted by atomic mass is 10.00. The van der Waals surface area contributed by atoms with Gasteiger partial charge < -0.3 is 5.11 Å². The number of hydrogen-bond donors (Lipinski definition) is 1. The van der Waals surface area contributed by atoms with Gasteiger partial charge in [0, 0.05) is 0 Å². The van der Waals surface area contributed by atoms with Crippen molar-refractivity contribution in [2.45, 2.75) is 58.5 Å². The molecule has 1 atom stereocenters. The molecule has 0 heterocycles. The molecule has 0 amide bonds. The molecule has 0 spiro atoms. The predicted octanol–water partition coefficient (Wildman–Crippen LogP) is 4.81. The Balaban J connectivity index is 2.38. The van der Waals surface area contributed by atoms with Gasteiger partial charge in [-0.05, 0) is 36.5 Å². The Kier molecular flexibility index (Phi) is 6.74. The van der Waals surface area contributed by atoms with Crippen molar-refractivity contribution in [1.29, 1.82) is 0 Å². The Bertz CT molecular complexity index is 350. The number of unbranched alkanes of at least 4 members (excludes halogenated alkanes) is 4. The quantitative estimate of drug-likeness (QED) is 0.515. The molecule has 0 aliphatic carbocycles. The Morgan fingerprint density at radius 2 is 1.72 bits per heavy atom. The van der Waals surface area contributed by atoms with Crippen LogP contribution < -0.4 is 0 Å². The molecule has 0 radical (unpaired) electrons. The predicted molar refractivity (Wildman–Crippen MR) is 78.7 cm³/mol. The summed E-state index contributed by atoms with van der Waals surface area (Å²) < 4.78 is 0. The standard InChI is InChI=1S/C17H26O/c1-4-5-6-7-8-9-15-10-12-16(13-11-15)17(18)14(2)3/h10-13,17-18H,2,4-9H2,1,3H3. The number of rotatable bonds is 8. The van der Waals surface area contributed by atoms with Gasteiger partial charge in [-0.3, -0.25) is 0 Å². The molecule has 0 aliphatic rings. The second-order valence-electron chi connectivity index (χ2n) is 5.15. The summed E-state index contributed by atoms with van der Waals surface area (Å²) in [6, 6.07) is 8.28. The maximum absolute atomic E-state index is 9.86. The fraction of sp³-hybridized carbons (Fsp3) is 0.529. The third-order valence-corrected chi connectivity index (χ3v) is 3.33. The molecule has 1 rings (SSSR count). The van der Waals surface area contributed by atoms with E-state index in [2.05, 4.69) is 25.6 Å². The maximum Gasteiger partial charge on any atom is 0.0995 e. The zero-order valence-corrected chi connectivity index (χ0v) is 11.8. The van der Waals surface area contributed by atoms with Crippen LogP contribution >= 0.6 is 0 Å². The lowest BCUT2D eigenvalue weighted by molar-refractivity contribution is 0.216. The van der Waals surface area contributed by atoms with Crippen molar-refractivity contribution < 1.29 is 5.11 Å². The summed E-state index contributed by atoms with van der Waals surface area (Å²) in [5.41, 5.74) is 3.10. The van der Waals surface area contributed by atoms with E-state index in [1.54, 1.807) is 0 Å². The van der Waals surface area contributed by atoms with Crippen molar-refractivity contribution in [3.8, 4) is 0 Å². The summed E-state index contributed by atoms with van der Waals surface area (Å²) in [5, 5.41) is 9.86. The molecule has 1 unspecified atom stereocenters. The van der Waals surface area contributed by atoms with E-state index in [9.17, 15) is 5.11 Å². The fourth-order valence-corrected chi connectivity index (χ4v) is 2.08. The lowest BCUT2D eigenvalue weighted by Crippen LogP contribution is -1.98. The molecule has 1 aromatic carbocycles. The van der Waals surface area contributed by atoms with Crippen molar-refractivity contribution in [3.63, 3.8) is 0 Å². The van der Waals surface area contributed by atoms with Crippen LogP contribution in [0.1, 0.15) is 63.2 Å². The second kappa shape index (κ2) is 8.10. The van der Waals surface area contributed by atoms with Crippen LogP contribution in [0.15, 0.2) is 36.4 Å². The molecule has 1 aromatic rings. The largest absolute Gasteiger partial charge is 0.384 e. The van der Waals surface area contributed by atoms with Crippen LogP contribution in [-0.4, -0.2) is 5.11 Å². The van der Waals surface area contributed by atoms with Gasteiger partial charge in [-0.25, -0.2) is 0 Å². The van der Waals surface area contributed by atoms with Gasteiger partial charge in [-0.15, -0.1) is 0 Å². The number of aryl methyl sites for hydroxylation is 1. The Hall–Kier alpha value is -1.08. The smallest absolute Gasteiger partial charge is 0.0995 e. The third-order valence-electron chi connectivity index (χ3n) is 3.33. The molecule has 1 heteroatoms. The molecule has 1 N–H and O–H groups in total. The van der Waals surface area contributed by atoms with E-state index < -0.39 is 6.10 Å². The first-order chi connectivity index (χ1) is 8.65. The minimum absolute atomic E-state index is 0.524. The molecule has 0 aromatic heterocycles. The van der Waals surface area contributed by atoms with Gasteiger partial charge in [-0.2, -0.15) is 0 Å². The molecule has 0 aliphatic heterocycles. The van der Waals surface area contributed by atoms with Crippen LogP contribution in [0, 0.1) is 0 Å². The van der Waals surface area contributed by atoms with Crippen LogP contribution in [0.3, 0.4) is 0 Å². The average molecular weight is 246 g/mol. The van der Waals surface area contributed by atoms with Crippen LogP contribution in [0.4, 0.5) is 0 Å². The van der Waals surface area contributed by atoms with Crippen LogP contribution in [0.5, 0.6) is 0 Å². The summed E-state index contributed by atoms with van der Waals surface area (Å²) in [4.78, 5) is 0. The molecule has 0 fully saturated rings. The summed E-state index contributed by atoms with van der Waals surface area (Å²) in [5.74, 6) is 0. The summed E-state index contributed by atoms with van der Waals surface area (Å²) in [6.45, 7) is 7.88. The molecule has 0 bridgehead atoms. The van der Waals surface area contributed by atoms with Crippen molar-refractivity contribution in [2.24, 2.45) is 0 Å². The lowest BCUT2D eigenvalue weighted by Gasteiger charge is -2.11. The zero-order chi connectivity index (χ0) is 13.4. The Morgan fingerprint density at radius 1 is 1.11 bits per heavy atom. The van der Waals surface area contributed by atoms with Crippen LogP contribution in [0.2, 0.25) is 0 Å². The van der Waals surface area contributed by atoms with Gasteiger partial charge in [0.25, 0.3) is 0 Å². The highest BCUT2D eigenvalue weighted by atomic mass is 16.3. The van der Waals surface area contributed by atoms with Crippen molar-refractivity contribution >= 4 is 0 Å². The van der Waals surface area contributed by atoms with E-state index in [1.807, 2.05) is 19.1 Å². The first kappa shape index (κ1) is 15.0. The number of aliphatic hydroxyl groups is 1. The van der Waals surface area contributed by atoms with E-state index in [-0.39, 0.29) is 0 Å². The second-order valence-corrected chi connectivity index (χ2v) is 5.15. The van der Waals surface area contributed by atoms with Crippen LogP contribution in [-0.2, 0) is 6.42 Å². The zero-order valence-electron chi connectivity index (χ0n) is 11.8. The van der Waals surface area contributed by atoms with Gasteiger partial charge in [0.2, 0.25) is 0 Å². The Labute approximate surface area is 112 Å². The first-order valence-corrected chi connectivity index (χ1v) is 7.07. The van der Waals surface area contributed by atoms with E-state index in [1.165, 1.54) is 37.7 Å². The molecule has 0 saturated carbocycles. The van der Waals surface area contributed by atoms with Crippen LogP contribution in [0.25, 0.3) is 0 Å². The summed E-state index contributed by atoms with van der Waals surface area (Å²) in [6.07, 6.45) is 7.21. The van der Waals surface area contributed by atoms with Crippen molar-refractivity contribution in [3.05, 3.63) is 47.5 Å². The summed E-state index contributed by atoms with van der Waals surface area (Å²) >= 11 is 0.